The van der Waals surface area contributed by atoms with E-state index in [9.17, 15) is 4.79 Å². The van der Waals surface area contributed by atoms with E-state index in [0.717, 1.165) is 42.6 Å². The van der Waals surface area contributed by atoms with E-state index in [0.29, 0.717) is 5.58 Å². The molecule has 2 N–H and O–H groups in total. The molecule has 2 aromatic rings. The third-order valence-electron chi connectivity index (χ3n) is 3.84. The number of nitrogens with one attached hydrogen (secondary N) is 2. The maximum atomic E-state index is 11.4. The van der Waals surface area contributed by atoms with Gasteiger partial charge in [0.2, 0.25) is 0 Å². The van der Waals surface area contributed by atoms with Crippen LogP contribution in [-0.4, -0.2) is 17.8 Å². The minimum Gasteiger partial charge on any atom is -0.422 e. The molecule has 0 amide bonds. The first kappa shape index (κ1) is 19.9. The van der Waals surface area contributed by atoms with Crippen LogP contribution in [0.2, 0.25) is 0 Å². The summed E-state index contributed by atoms with van der Waals surface area (Å²) in [5.74, 6) is 0. The second kappa shape index (κ2) is 9.30. The van der Waals surface area contributed by atoms with Crippen LogP contribution in [-0.2, 0) is 6.42 Å². The summed E-state index contributed by atoms with van der Waals surface area (Å²) in [6.45, 7) is 10.7. The Hall–Kier alpha value is -1.46. The van der Waals surface area contributed by atoms with E-state index >= 15 is 0 Å². The van der Waals surface area contributed by atoms with Gasteiger partial charge in [-0.25, -0.2) is 4.79 Å². The molecule has 0 spiro atoms. The predicted molar refractivity (Wildman–Crippen MR) is 110 cm³/mol. The highest BCUT2D eigenvalue weighted by atomic mass is 32.2. The summed E-state index contributed by atoms with van der Waals surface area (Å²) in [5, 5.41) is 4.47. The molecule has 1 aromatic heterocycles. The molecule has 0 aliphatic heterocycles. The van der Waals surface area contributed by atoms with E-state index in [4.69, 9.17) is 4.42 Å². The highest BCUT2D eigenvalue weighted by molar-refractivity contribution is 7.98. The van der Waals surface area contributed by atoms with Crippen LogP contribution in [0.3, 0.4) is 0 Å². The largest absolute Gasteiger partial charge is 0.422 e. The van der Waals surface area contributed by atoms with Crippen molar-refractivity contribution in [3.63, 3.8) is 0 Å². The molecule has 0 saturated carbocycles. The lowest BCUT2D eigenvalue weighted by Gasteiger charge is -2.17. The van der Waals surface area contributed by atoms with Gasteiger partial charge in [-0.2, -0.15) is 0 Å². The molecule has 1 heterocycles. The lowest BCUT2D eigenvalue weighted by Crippen LogP contribution is -2.17. The minimum atomic E-state index is -0.291. The van der Waals surface area contributed by atoms with E-state index in [1.807, 2.05) is 6.07 Å². The Morgan fingerprint density at radius 2 is 1.84 bits per heavy atom. The first-order valence-corrected chi connectivity index (χ1v) is 9.92. The molecule has 0 radical (unpaired) electrons. The monoisotopic (exact) mass is 362 g/mol. The van der Waals surface area contributed by atoms with Crippen LogP contribution in [0.15, 0.2) is 33.5 Å². The summed E-state index contributed by atoms with van der Waals surface area (Å²) >= 11 is 1.80. The predicted octanol–water partition coefficient (Wildman–Crippen LogP) is 4.97. The van der Waals surface area contributed by atoms with Gasteiger partial charge in [-0.1, -0.05) is 25.3 Å². The van der Waals surface area contributed by atoms with Gasteiger partial charge in [0, 0.05) is 35.0 Å². The Bertz CT molecular complexity index is 735. The van der Waals surface area contributed by atoms with Crippen LogP contribution in [0.25, 0.3) is 11.0 Å². The van der Waals surface area contributed by atoms with Crippen molar-refractivity contribution in [1.82, 2.24) is 4.72 Å². The Kier molecular flexibility index (Phi) is 7.38. The van der Waals surface area contributed by atoms with Crippen LogP contribution in [0.5, 0.6) is 0 Å². The van der Waals surface area contributed by atoms with E-state index in [1.165, 1.54) is 18.9 Å². The quantitative estimate of drug-likeness (QED) is 0.374. The molecule has 2 rings (SSSR count). The third-order valence-corrected chi connectivity index (χ3v) is 4.80. The van der Waals surface area contributed by atoms with Gasteiger partial charge in [0.1, 0.15) is 5.58 Å². The first-order valence-electron chi connectivity index (χ1n) is 9.10. The number of unbranched alkanes of at least 4 members (excludes halogenated alkanes) is 2. The fraction of sp³-hybridized carbons (Fsp3) is 0.550. The fourth-order valence-electron chi connectivity index (χ4n) is 2.62. The zero-order valence-corrected chi connectivity index (χ0v) is 16.6. The van der Waals surface area contributed by atoms with Crippen LogP contribution >= 0.6 is 11.9 Å². The van der Waals surface area contributed by atoms with Gasteiger partial charge in [-0.3, -0.25) is 4.72 Å². The SMILES string of the molecule is CCc1cc(NCCCCCNSC(C)(C)C)cc2ccc(=O)oc12. The van der Waals surface area contributed by atoms with E-state index in [2.05, 4.69) is 49.9 Å². The lowest BCUT2D eigenvalue weighted by molar-refractivity contribution is 0.557. The molecule has 4 nitrogen and oxygen atoms in total. The van der Waals surface area contributed by atoms with Crippen LogP contribution < -0.4 is 15.7 Å². The van der Waals surface area contributed by atoms with Crippen molar-refractivity contribution in [2.75, 3.05) is 18.4 Å². The molecule has 0 saturated heterocycles. The van der Waals surface area contributed by atoms with E-state index < -0.39 is 0 Å². The molecular formula is C20H30N2O2S. The summed E-state index contributed by atoms with van der Waals surface area (Å²) < 4.78 is 9.06. The maximum Gasteiger partial charge on any atom is 0.336 e. The number of anilines is 1. The number of rotatable bonds is 9. The topological polar surface area (TPSA) is 54.3 Å². The summed E-state index contributed by atoms with van der Waals surface area (Å²) in [7, 11) is 0. The number of hydrogen-bond acceptors (Lipinski definition) is 5. The van der Waals surface area contributed by atoms with Crippen molar-refractivity contribution in [3.8, 4) is 0 Å². The summed E-state index contributed by atoms with van der Waals surface area (Å²) in [6.07, 6.45) is 4.38. The van der Waals surface area contributed by atoms with E-state index in [-0.39, 0.29) is 10.4 Å². The Morgan fingerprint density at radius 1 is 1.08 bits per heavy atom. The fourth-order valence-corrected chi connectivity index (χ4v) is 3.30. The minimum absolute atomic E-state index is 0.272. The summed E-state index contributed by atoms with van der Waals surface area (Å²) in [6, 6.07) is 7.46. The zero-order valence-electron chi connectivity index (χ0n) is 15.8. The maximum absolute atomic E-state index is 11.4. The molecule has 0 atom stereocenters. The molecule has 0 aliphatic rings. The molecule has 0 aliphatic carbocycles. The molecule has 0 bridgehead atoms. The van der Waals surface area contributed by atoms with Crippen molar-refractivity contribution in [3.05, 3.63) is 40.2 Å². The second-order valence-electron chi connectivity index (χ2n) is 7.26. The van der Waals surface area contributed by atoms with Crippen molar-refractivity contribution in [2.45, 2.75) is 58.1 Å². The van der Waals surface area contributed by atoms with Gasteiger partial charge in [-0.05, 0) is 63.8 Å². The van der Waals surface area contributed by atoms with Crippen LogP contribution in [0, 0.1) is 0 Å². The van der Waals surface area contributed by atoms with Crippen LogP contribution in [0.4, 0.5) is 5.69 Å². The average Bonchev–Trinajstić information content (AvgIpc) is 2.55. The van der Waals surface area contributed by atoms with Gasteiger partial charge in [0.15, 0.2) is 0 Å². The van der Waals surface area contributed by atoms with Gasteiger partial charge < -0.3 is 9.73 Å². The Labute approximate surface area is 154 Å². The van der Waals surface area contributed by atoms with Crippen molar-refractivity contribution >= 4 is 28.6 Å². The average molecular weight is 363 g/mol. The normalized spacial score (nSPS) is 11.8. The number of fused-ring (bicyclic) bond motifs is 1. The van der Waals surface area contributed by atoms with Gasteiger partial charge in [-0.15, -0.1) is 0 Å². The lowest BCUT2D eigenvalue weighted by atomic mass is 10.1. The van der Waals surface area contributed by atoms with Gasteiger partial charge in [0.05, 0.1) is 0 Å². The van der Waals surface area contributed by atoms with Gasteiger partial charge >= 0.3 is 5.63 Å². The highest BCUT2D eigenvalue weighted by Gasteiger charge is 2.09. The number of aryl methyl sites for hydroxylation is 1. The van der Waals surface area contributed by atoms with Crippen LogP contribution in [0.1, 0.15) is 52.5 Å². The molecule has 0 fully saturated rings. The molecule has 1 aromatic carbocycles. The second-order valence-corrected chi connectivity index (χ2v) is 8.98. The third kappa shape index (κ3) is 6.75. The molecule has 5 heteroatoms. The highest BCUT2D eigenvalue weighted by Crippen LogP contribution is 2.23. The van der Waals surface area contributed by atoms with Crippen molar-refractivity contribution in [2.24, 2.45) is 0 Å². The number of benzene rings is 1. The summed E-state index contributed by atoms with van der Waals surface area (Å²) in [5.41, 5.74) is 2.59. The first-order chi connectivity index (χ1) is 11.9. The Balaban J connectivity index is 1.78. The molecular weight excluding hydrogens is 332 g/mol. The van der Waals surface area contributed by atoms with Crippen molar-refractivity contribution < 1.29 is 4.42 Å². The standard InChI is InChI=1S/C20H30N2O2S/c1-5-15-13-17(14-16-9-10-18(23)24-19(15)16)21-11-7-6-8-12-22-25-20(2,3)4/h9-10,13-14,21-22H,5-8,11-12H2,1-4H3. The smallest absolute Gasteiger partial charge is 0.336 e. The zero-order chi connectivity index (χ0) is 18.3. The van der Waals surface area contributed by atoms with Gasteiger partial charge in [0.25, 0.3) is 0 Å². The molecule has 0 unspecified atom stereocenters. The number of hydrogen-bond donors (Lipinski definition) is 2. The summed E-state index contributed by atoms with van der Waals surface area (Å²) in [4.78, 5) is 11.4. The Morgan fingerprint density at radius 3 is 2.56 bits per heavy atom. The van der Waals surface area contributed by atoms with E-state index in [1.54, 1.807) is 11.9 Å². The molecule has 138 valence electrons. The van der Waals surface area contributed by atoms with Crippen molar-refractivity contribution in [1.29, 1.82) is 0 Å². The molecule has 25 heavy (non-hydrogen) atoms.